The van der Waals surface area contributed by atoms with E-state index in [1.165, 1.54) is 0 Å². The van der Waals surface area contributed by atoms with E-state index in [2.05, 4.69) is 13.6 Å². The predicted molar refractivity (Wildman–Crippen MR) is 228 cm³/mol. The number of likely N-dealkylation sites (N-methyl/N-ethyl adjacent to an activating group) is 3. The lowest BCUT2D eigenvalue weighted by molar-refractivity contribution is -0.464. The summed E-state index contributed by atoms with van der Waals surface area (Å²) in [7, 11) is -10.6. The highest BCUT2D eigenvalue weighted by molar-refractivity contribution is 7.77. The zero-order chi connectivity index (χ0) is 85.1. The van der Waals surface area contributed by atoms with Crippen molar-refractivity contribution in [3.8, 4) is 0 Å². The van der Waals surface area contributed by atoms with Crippen molar-refractivity contribution < 1.29 is 268 Å². The van der Waals surface area contributed by atoms with Crippen LogP contribution in [0.1, 0.15) is 20.8 Å². The second-order valence-corrected chi connectivity index (χ2v) is 24.0. The molecule has 0 aliphatic carbocycles. The Labute approximate surface area is 544 Å². The monoisotopic (exact) mass is 1760 g/mol. The van der Waals surface area contributed by atoms with Crippen molar-refractivity contribution in [1.82, 2.24) is 12.9 Å². The summed E-state index contributed by atoms with van der Waals surface area (Å²) in [5.41, 5.74) is 0. The van der Waals surface area contributed by atoms with Crippen molar-refractivity contribution >= 4 is 41.6 Å². The molecular formula is C36H27F51N3O10PS3. The Morgan fingerprint density at radius 1 is 0.250 bits per heavy atom. The molecule has 0 radical (unpaired) electrons. The first-order chi connectivity index (χ1) is 44.7. The SMILES string of the molecule is CCN(CC(OP(=O)(OC(CN(CC)S(=O)O)C(F)(F)C(F)(F)C(F)(F)C(F)(F)C(F)(F)C(F)(F)C(F)(F)C(F)(F)F)OC(CN(CC)S(=O)O)C(F)(F)C(F)(F)C(F)(F)C(F)(F)C(F)(F)C(F)(F)C(F)(F)C(F)(F)F)C(F)(F)C(F)(F)C(F)(F)C(F)(F)C(F)(F)C(F)(F)C(F)(F)C(F)(F)F)S(=O)O. The number of alkyl halides is 51. The van der Waals surface area contributed by atoms with Gasteiger partial charge in [0, 0.05) is 39.3 Å². The summed E-state index contributed by atoms with van der Waals surface area (Å²) in [6, 6.07) is 0. The Balaban J connectivity index is 10.7. The molecule has 0 fully saturated rings. The molecule has 0 rings (SSSR count). The maximum absolute atomic E-state index is 16.4. The minimum absolute atomic E-state index is 0.250. The van der Waals surface area contributed by atoms with Gasteiger partial charge in [-0.2, -0.15) is 237 Å². The third-order valence-corrected chi connectivity index (χ3v) is 17.1. The lowest BCUT2D eigenvalue weighted by Crippen LogP contribution is -2.76. The van der Waals surface area contributed by atoms with E-state index in [4.69, 9.17) is 0 Å². The van der Waals surface area contributed by atoms with Crippen molar-refractivity contribution in [2.24, 2.45) is 0 Å². The minimum atomic E-state index is -10.6. The Morgan fingerprint density at radius 2 is 0.365 bits per heavy atom. The van der Waals surface area contributed by atoms with Gasteiger partial charge in [-0.15, -0.1) is 0 Å². The molecule has 0 heterocycles. The van der Waals surface area contributed by atoms with Crippen LogP contribution in [0.3, 0.4) is 0 Å². The number of hydrogen-bond donors (Lipinski definition) is 3. The molecule has 0 amide bonds. The van der Waals surface area contributed by atoms with Crippen LogP contribution < -0.4 is 0 Å². The van der Waals surface area contributed by atoms with Gasteiger partial charge < -0.3 is 0 Å². The maximum atomic E-state index is 16.4. The van der Waals surface area contributed by atoms with Gasteiger partial charge in [-0.3, -0.25) is 27.2 Å². The van der Waals surface area contributed by atoms with Gasteiger partial charge in [0.05, 0.1) is 0 Å². The molecule has 0 aromatic heterocycles. The summed E-state index contributed by atoms with van der Waals surface area (Å²) in [5.74, 6) is -205. The highest BCUT2D eigenvalue weighted by Crippen LogP contribution is 2.71. The lowest BCUT2D eigenvalue weighted by atomic mass is 9.87. The molecule has 0 bridgehead atoms. The molecule has 3 N–H and O–H groups in total. The second-order valence-electron chi connectivity index (χ2n) is 19.6. The zero-order valence-corrected chi connectivity index (χ0v) is 50.8. The molecule has 0 spiro atoms. The molecule has 0 aromatic rings. The highest BCUT2D eigenvalue weighted by Gasteiger charge is 3.00. The lowest BCUT2D eigenvalue weighted by Gasteiger charge is -2.46. The fraction of sp³-hybridized carbons (Fsp3) is 1.00. The van der Waals surface area contributed by atoms with Gasteiger partial charge in [0.15, 0.2) is 18.3 Å². The Bertz CT molecular complexity index is 2770. The van der Waals surface area contributed by atoms with E-state index >= 15 is 79.0 Å². The molecule has 6 atom stereocenters. The van der Waals surface area contributed by atoms with Crippen LogP contribution in [0.25, 0.3) is 0 Å². The predicted octanol–water partition coefficient (Wildman–Crippen LogP) is 16.7. The van der Waals surface area contributed by atoms with E-state index in [0.29, 0.717) is 0 Å². The van der Waals surface area contributed by atoms with Crippen molar-refractivity contribution in [1.29, 1.82) is 0 Å². The first-order valence-corrected chi connectivity index (χ1v) is 28.7. The molecule has 0 aliphatic heterocycles. The van der Waals surface area contributed by atoms with E-state index in [1.807, 2.05) is 0 Å². The molecule has 0 aliphatic rings. The van der Waals surface area contributed by atoms with Crippen LogP contribution in [0.15, 0.2) is 0 Å². The Kier molecular flexibility index (Phi) is 28.2. The number of halogens is 51. The van der Waals surface area contributed by atoms with Gasteiger partial charge >= 0.3 is 151 Å². The molecule has 104 heavy (non-hydrogen) atoms. The first kappa shape index (κ1) is 101. The quantitative estimate of drug-likeness (QED) is 0.0306. The van der Waals surface area contributed by atoms with Gasteiger partial charge in [0.1, 0.15) is 0 Å². The summed E-state index contributed by atoms with van der Waals surface area (Å²) in [6.07, 6.45) is -46.9. The van der Waals surface area contributed by atoms with Crippen LogP contribution >= 0.6 is 7.82 Å². The van der Waals surface area contributed by atoms with E-state index in [1.54, 1.807) is 0 Å². The molecule has 0 saturated carbocycles. The van der Waals surface area contributed by atoms with E-state index in [9.17, 15) is 176 Å². The van der Waals surface area contributed by atoms with Crippen LogP contribution in [0.4, 0.5) is 224 Å². The van der Waals surface area contributed by atoms with Crippen LogP contribution in [-0.4, -0.2) is 240 Å². The fourth-order valence-electron chi connectivity index (χ4n) is 6.78. The second kappa shape index (κ2) is 29.1. The first-order valence-electron chi connectivity index (χ1n) is 24.0. The molecule has 13 nitrogen and oxygen atoms in total. The van der Waals surface area contributed by atoms with E-state index < -0.39 is 255 Å². The van der Waals surface area contributed by atoms with Gasteiger partial charge in [-0.1, -0.05) is 20.8 Å². The van der Waals surface area contributed by atoms with Gasteiger partial charge in [-0.05, 0) is 0 Å². The summed E-state index contributed by atoms with van der Waals surface area (Å²) in [5, 5.41) is 0. The molecule has 6 unspecified atom stereocenters. The summed E-state index contributed by atoms with van der Waals surface area (Å²) < 4.78 is 823. The maximum Gasteiger partial charge on any atom is 0.476 e. The number of phosphoric acid groups is 1. The van der Waals surface area contributed by atoms with E-state index in [0.717, 1.165) is 0 Å². The minimum Gasteiger partial charge on any atom is -0.294 e. The third-order valence-electron chi connectivity index (χ3n) is 13.1. The Morgan fingerprint density at radius 3 is 0.471 bits per heavy atom. The Hall–Kier alpha value is -3.25. The van der Waals surface area contributed by atoms with Crippen molar-refractivity contribution in [2.75, 3.05) is 39.3 Å². The average Bonchev–Trinajstić information content (AvgIpc) is 0.703. The molecule has 626 valence electrons. The van der Waals surface area contributed by atoms with Gasteiger partial charge in [-0.25, -0.2) is 17.2 Å². The van der Waals surface area contributed by atoms with Gasteiger partial charge in [0.25, 0.3) is 0 Å². The number of hydrogen-bond acceptors (Lipinski definition) is 7. The van der Waals surface area contributed by atoms with Crippen LogP contribution in [0, 0.1) is 0 Å². The normalized spacial score (nSPS) is 18.7. The topological polar surface area (TPSA) is 166 Å². The van der Waals surface area contributed by atoms with E-state index in [-0.39, 0.29) is 20.8 Å². The van der Waals surface area contributed by atoms with Gasteiger partial charge in [0.2, 0.25) is 33.8 Å². The fourth-order valence-corrected chi connectivity index (χ4v) is 9.92. The number of nitrogens with zero attached hydrogens (tertiary/aromatic N) is 3. The van der Waals surface area contributed by atoms with Crippen molar-refractivity contribution in [3.05, 3.63) is 0 Å². The van der Waals surface area contributed by atoms with Crippen molar-refractivity contribution in [2.45, 2.75) is 182 Å². The highest BCUT2D eigenvalue weighted by atomic mass is 32.2. The number of rotatable bonds is 39. The average molecular weight is 1760 g/mol. The number of phosphoric ester groups is 1. The van der Waals surface area contributed by atoms with Crippen LogP contribution in [0.2, 0.25) is 0 Å². The summed E-state index contributed by atoms with van der Waals surface area (Å²) in [4.78, 5) is 0. The smallest absolute Gasteiger partial charge is 0.294 e. The van der Waals surface area contributed by atoms with Crippen LogP contribution in [0.5, 0.6) is 0 Å². The van der Waals surface area contributed by atoms with Crippen molar-refractivity contribution in [3.63, 3.8) is 0 Å². The largest absolute Gasteiger partial charge is 0.476 e. The molecule has 68 heteroatoms. The standard InChI is InChI=1S/C36H27F51N3O10PS3/c1-4-88(102(92)93)7-10(13(37,38)16(43,44)19(49,50)22(55,56)25(61,62)28(67,68)31(73,74)34(79,80)81)98-101(91,99-11(8-89(5-2)103(94)95)14(39,40)17(45,46)20(51,52)23(57,58)26(63,64)29(69,70)32(75,76)35(82,83)84)100-12(9-90(6-3)104(96)97)15(41,42)18(47,48)21(53,54)24(59,60)27(65,66)30(71,72)33(77,78)36(85,86)87/h10-12H,4-9H2,1-3H3,(H,92,93)(H,94,95)(H,96,97). The summed E-state index contributed by atoms with van der Waals surface area (Å²) >= 11 is -15.2. The third kappa shape index (κ3) is 15.2. The molecule has 0 saturated heterocycles. The van der Waals surface area contributed by atoms with Crippen LogP contribution in [-0.2, 0) is 51.9 Å². The summed E-state index contributed by atoms with van der Waals surface area (Å²) in [6.45, 7) is -20.9. The zero-order valence-electron chi connectivity index (χ0n) is 47.5. The molecule has 0 aromatic carbocycles. The molecular weight excluding hydrogens is 1730 g/mol.